The first-order valence-electron chi connectivity index (χ1n) is 44.9. The fourth-order valence-electron chi connectivity index (χ4n) is 16.7. The number of carbonyl (C=O) groups is 6. The zero-order chi connectivity index (χ0) is 97.6. The molecule has 0 N–H and O–H groups in total. The molecule has 0 saturated carbocycles. The second-order valence-electron chi connectivity index (χ2n) is 33.0. The number of ketones is 2. The number of benzene rings is 5. The van der Waals surface area contributed by atoms with Gasteiger partial charge < -0.3 is 41.8 Å². The number of hydrogen-bond acceptors (Lipinski definition) is 21. The van der Waals surface area contributed by atoms with Crippen LogP contribution in [-0.2, 0) is 38.1 Å². The molecule has 1 aliphatic heterocycles. The summed E-state index contributed by atoms with van der Waals surface area (Å²) in [5.41, 5.74) is 26.5. The van der Waals surface area contributed by atoms with Gasteiger partial charge >= 0.3 is 23.9 Å². The summed E-state index contributed by atoms with van der Waals surface area (Å²) in [6.45, 7) is 28.5. The molecule has 5 aromatic carbocycles. The van der Waals surface area contributed by atoms with Gasteiger partial charge in [0.1, 0.15) is 0 Å². The van der Waals surface area contributed by atoms with Crippen LogP contribution in [0.3, 0.4) is 0 Å². The Hall–Kier alpha value is -15.3. The van der Waals surface area contributed by atoms with Gasteiger partial charge in [-0.15, -0.1) is 11.6 Å². The molecule has 1 fully saturated rings. The van der Waals surface area contributed by atoms with Crippen molar-refractivity contribution in [2.75, 3.05) is 51.9 Å². The van der Waals surface area contributed by atoms with E-state index in [4.69, 9.17) is 56.6 Å². The van der Waals surface area contributed by atoms with Gasteiger partial charge in [0.15, 0.2) is 11.6 Å². The first-order valence-corrected chi connectivity index (χ1v) is 46.2. The number of piperidine rings is 1. The number of rotatable bonds is 25. The highest BCUT2D eigenvalue weighted by atomic mass is 79.9. The van der Waals surface area contributed by atoms with Gasteiger partial charge in [-0.1, -0.05) is 27.2 Å². The number of likely N-dealkylation sites (tertiary alicyclic amines) is 1. The Morgan fingerprint density at radius 1 is 0.404 bits per heavy atom. The van der Waals surface area contributed by atoms with E-state index >= 15 is 0 Å². The van der Waals surface area contributed by atoms with Crippen molar-refractivity contribution in [3.63, 3.8) is 0 Å². The summed E-state index contributed by atoms with van der Waals surface area (Å²) in [5, 5.41) is 45.1. The third-order valence-corrected chi connectivity index (χ3v) is 24.2. The number of nitriles is 5. The zero-order valence-electron chi connectivity index (χ0n) is 78.3. The normalized spacial score (nSPS) is 12.4. The summed E-state index contributed by atoms with van der Waals surface area (Å²) in [6, 6.07) is 63.8. The Morgan fingerprint density at radius 2 is 0.721 bits per heavy atom. The van der Waals surface area contributed by atoms with E-state index in [0.717, 1.165) is 159 Å². The number of carbonyl (C=O) groups excluding carboxylic acids is 6. The molecule has 136 heavy (non-hydrogen) atoms. The summed E-state index contributed by atoms with van der Waals surface area (Å²) in [7, 11) is 0. The highest BCUT2D eigenvalue weighted by molar-refractivity contribution is 9.10. The molecule has 1 aliphatic rings. The zero-order valence-corrected chi connectivity index (χ0v) is 80.6. The van der Waals surface area contributed by atoms with Crippen molar-refractivity contribution in [3.8, 4) is 58.8 Å². The Balaban J connectivity index is 0.000000155. The number of halogens is 2. The number of allylic oxidation sites excluding steroid dienone is 1. The van der Waals surface area contributed by atoms with Gasteiger partial charge in [0.25, 0.3) is 0 Å². The Bertz CT molecular complexity index is 7210. The fraction of sp³-hybridized carbons (Fsp3) is 0.278. The molecule has 3 unspecified atom stereocenters. The van der Waals surface area contributed by atoms with Crippen LogP contribution in [0.5, 0.6) is 0 Å². The number of aromatic nitrogens is 10. The quantitative estimate of drug-likeness (QED) is 0.0169. The van der Waals surface area contributed by atoms with Crippen LogP contribution in [0.2, 0.25) is 0 Å². The summed E-state index contributed by atoms with van der Waals surface area (Å²) < 4.78 is 31.5. The van der Waals surface area contributed by atoms with Crippen LogP contribution in [0.25, 0.3) is 89.2 Å². The molecule has 690 valence electrons. The molecule has 1 saturated heterocycles. The van der Waals surface area contributed by atoms with Crippen molar-refractivity contribution in [2.45, 2.75) is 146 Å². The molecule has 0 bridgehead atoms. The lowest BCUT2D eigenvalue weighted by molar-refractivity contribution is -0.144. The maximum Gasteiger partial charge on any atom is 0.331 e. The third-order valence-electron chi connectivity index (χ3n) is 23.5. The highest BCUT2D eigenvalue weighted by Gasteiger charge is 2.29. The molecule has 3 atom stereocenters. The predicted molar refractivity (Wildman–Crippen MR) is 529 cm³/mol. The smallest absolute Gasteiger partial charge is 0.331 e. The first kappa shape index (κ1) is 99.7. The third kappa shape index (κ3) is 23.6. The molecule has 10 aromatic heterocycles. The van der Waals surface area contributed by atoms with Crippen molar-refractivity contribution in [1.82, 2.24) is 52.7 Å². The number of esters is 4. The monoisotopic (exact) mass is 1900 g/mol. The van der Waals surface area contributed by atoms with Gasteiger partial charge in [-0.25, -0.2) is 4.79 Å². The molecular formula is C108H104BrClN16O10. The van der Waals surface area contributed by atoms with E-state index < -0.39 is 0 Å². The second kappa shape index (κ2) is 46.4. The van der Waals surface area contributed by atoms with E-state index in [0.29, 0.717) is 89.4 Å². The van der Waals surface area contributed by atoms with E-state index in [9.17, 15) is 34.0 Å². The number of pyridine rings is 5. The standard InChI is InChI=1S/C28H32N4O3.C23H22ClN3O3.C21H21N3O2.C21H19N3O2.C15H10BrN3/c1-4-35-26(34)14-19(2)22-15-24-28(30-17-22)27(25(33)18-31-12-6-5-7-13-31)20(3)32(24)23-10-8-21(16-29)9-11-23;1-4-30-21(29)9-14(2)17-10-19-23(26-13-17)22(20(28)11-24)15(3)27(19)18-7-5-16(12-25)6-8-18;2*1-4-26-21(25)9-14(2)17-11-20-19(23-13-17)10-15(3)24(20)18-7-5-16(12-22)6-8-18;1-10-6-14-15(7-12(16)9-18-14)19(10)13-4-2-11(8-17)3-5-13/h8-11,15,17,19H,4-7,12-14,18H2,1-3H3;5-8,10,13-14H,4,9,11H2,1-3H3;5-8,10-11,13-14H,4,9H2,1-3H3;5-11,13H,4H2,1-3H3;2-7,9H,1H3/b;;;14-9+;. The van der Waals surface area contributed by atoms with Gasteiger partial charge in [0, 0.05) is 98.4 Å². The van der Waals surface area contributed by atoms with E-state index in [1.807, 2.05) is 194 Å². The minimum absolute atomic E-state index is 0.0237. The predicted octanol–water partition coefficient (Wildman–Crippen LogP) is 22.0. The summed E-state index contributed by atoms with van der Waals surface area (Å²) in [4.78, 5) is 98.5. The number of aryl methyl sites for hydroxylation is 3. The molecule has 28 heteroatoms. The lowest BCUT2D eigenvalue weighted by Gasteiger charge is -2.25. The molecule has 16 rings (SSSR count). The number of fused-ring (bicyclic) bond motifs is 5. The number of nitrogens with zero attached hydrogens (tertiary/aromatic N) is 16. The summed E-state index contributed by atoms with van der Waals surface area (Å²) in [5.74, 6) is -1.49. The van der Waals surface area contributed by atoms with Gasteiger partial charge in [-0.05, 0) is 327 Å². The van der Waals surface area contributed by atoms with Crippen LogP contribution in [0.15, 0.2) is 211 Å². The Kier molecular flexibility index (Phi) is 34.0. The molecule has 15 aromatic rings. The molecule has 0 spiro atoms. The molecule has 11 heterocycles. The van der Waals surface area contributed by atoms with E-state index in [-0.39, 0.29) is 71.9 Å². The minimum atomic E-state index is -0.358. The number of ether oxygens (including phenoxy) is 4. The van der Waals surface area contributed by atoms with E-state index in [2.05, 4.69) is 96.9 Å². The number of Topliss-reactive ketones (excluding diaryl/α,β-unsaturated/α-hetero) is 2. The average Bonchev–Trinajstić information content (AvgIpc) is 1.60. The van der Waals surface area contributed by atoms with Gasteiger partial charge in [-0.3, -0.25) is 53.8 Å². The molecule has 0 aliphatic carbocycles. The summed E-state index contributed by atoms with van der Waals surface area (Å²) >= 11 is 9.30. The van der Waals surface area contributed by atoms with E-state index in [1.54, 1.807) is 94.1 Å². The van der Waals surface area contributed by atoms with Crippen LogP contribution >= 0.6 is 27.5 Å². The second-order valence-corrected chi connectivity index (χ2v) is 34.2. The van der Waals surface area contributed by atoms with Crippen LogP contribution in [0, 0.1) is 91.3 Å². The van der Waals surface area contributed by atoms with Gasteiger partial charge in [0.2, 0.25) is 0 Å². The topological polar surface area (TPSA) is 351 Å². The SMILES string of the molecule is CCOC(=O)/C=C(\C)c1cnc2cc(C)n(-c3ccc(C#N)cc3)c2c1.CCOC(=O)CC(C)c1cnc2c(C(=O)CCl)c(C)n(-c3ccc(C#N)cc3)c2c1.CCOC(=O)CC(C)c1cnc2c(C(=O)CN3CCCCC3)c(C)n(-c3ccc(C#N)cc3)c2c1.CCOC(=O)CC(C)c1cnc2cc(C)n(-c3ccc(C#N)cc3)c2c1.Cc1cc2ncc(Br)cc2n1-c1ccc(C#N)cc1. The van der Waals surface area contributed by atoms with Crippen molar-refractivity contribution >= 4 is 124 Å². The van der Waals surface area contributed by atoms with Crippen molar-refractivity contribution in [1.29, 1.82) is 26.3 Å². The lowest BCUT2D eigenvalue weighted by Crippen LogP contribution is -2.34. The minimum Gasteiger partial charge on any atom is -0.466 e. The Morgan fingerprint density at radius 3 is 1.07 bits per heavy atom. The lowest BCUT2D eigenvalue weighted by atomic mass is 9.99. The average molecular weight is 1900 g/mol. The number of alkyl halides is 1. The van der Waals surface area contributed by atoms with Crippen molar-refractivity contribution in [3.05, 3.63) is 301 Å². The molecule has 26 nitrogen and oxygen atoms in total. The molecule has 0 radical (unpaired) electrons. The van der Waals surface area contributed by atoms with E-state index in [1.165, 1.54) is 12.5 Å². The van der Waals surface area contributed by atoms with Gasteiger partial charge in [-0.2, -0.15) is 26.3 Å². The fourth-order valence-corrected chi connectivity index (χ4v) is 17.1. The van der Waals surface area contributed by atoms with Gasteiger partial charge in [0.05, 0.1) is 183 Å². The van der Waals surface area contributed by atoms with Crippen LogP contribution in [0.1, 0.15) is 211 Å². The maximum absolute atomic E-state index is 13.5. The molecule has 0 amide bonds. The number of hydrogen-bond donors (Lipinski definition) is 0. The summed E-state index contributed by atoms with van der Waals surface area (Å²) in [6.07, 6.45) is 14.6. The van der Waals surface area contributed by atoms with Crippen LogP contribution in [0.4, 0.5) is 0 Å². The first-order chi connectivity index (χ1) is 65.6. The largest absolute Gasteiger partial charge is 0.466 e. The maximum atomic E-state index is 13.5. The van der Waals surface area contributed by atoms with Crippen molar-refractivity contribution < 1.29 is 47.7 Å². The van der Waals surface area contributed by atoms with Crippen LogP contribution in [-0.4, -0.2) is 140 Å². The van der Waals surface area contributed by atoms with Crippen molar-refractivity contribution in [2.24, 2.45) is 0 Å². The molecular weight excluding hydrogens is 1800 g/mol. The highest BCUT2D eigenvalue weighted by Crippen LogP contribution is 2.37. The Labute approximate surface area is 803 Å². The van der Waals surface area contributed by atoms with Crippen LogP contribution < -0.4 is 0 Å².